The van der Waals surface area contributed by atoms with E-state index in [9.17, 15) is 10.2 Å². The number of hydrogen-bond acceptors (Lipinski definition) is 2. The zero-order valence-electron chi connectivity index (χ0n) is 11.5. The molecule has 2 heteroatoms. The van der Waals surface area contributed by atoms with Gasteiger partial charge in [-0.25, -0.2) is 0 Å². The van der Waals surface area contributed by atoms with E-state index in [1.807, 2.05) is 38.1 Å². The van der Waals surface area contributed by atoms with Gasteiger partial charge < -0.3 is 10.2 Å². The van der Waals surface area contributed by atoms with E-state index in [0.29, 0.717) is 11.5 Å². The lowest BCUT2D eigenvalue weighted by Crippen LogP contribution is -1.91. The third-order valence-corrected chi connectivity index (χ3v) is 3.45. The molecule has 0 amide bonds. The van der Waals surface area contributed by atoms with Crippen molar-refractivity contribution in [3.8, 4) is 11.5 Å². The van der Waals surface area contributed by atoms with Crippen LogP contribution >= 0.6 is 0 Å². The molecule has 0 atom stereocenters. The summed E-state index contributed by atoms with van der Waals surface area (Å²) in [5.74, 6) is 0.718. The largest absolute Gasteiger partial charge is 0.508 e. The smallest absolute Gasteiger partial charge is 0.118 e. The van der Waals surface area contributed by atoms with Crippen LogP contribution in [0.5, 0.6) is 11.5 Å². The predicted octanol–water partition coefficient (Wildman–Crippen LogP) is 3.89. The molecule has 2 aromatic carbocycles. The first-order valence-corrected chi connectivity index (χ1v) is 6.63. The molecule has 0 fully saturated rings. The minimum Gasteiger partial charge on any atom is -0.508 e. The third-order valence-electron chi connectivity index (χ3n) is 3.45. The summed E-state index contributed by atoms with van der Waals surface area (Å²) in [6, 6.07) is 11.5. The Labute approximate surface area is 114 Å². The standard InChI is InChI=1S/C17H20O2/c1-12-10-14(6-8-16(12)18)4-3-5-15-7-9-17(19)13(2)11-15/h6-11,18-19H,3-5H2,1-2H3. The van der Waals surface area contributed by atoms with Gasteiger partial charge in [-0.1, -0.05) is 24.3 Å². The van der Waals surface area contributed by atoms with Crippen molar-refractivity contribution in [3.05, 3.63) is 58.7 Å². The molecule has 19 heavy (non-hydrogen) atoms. The van der Waals surface area contributed by atoms with Crippen LogP contribution in [0.1, 0.15) is 28.7 Å². The number of aryl methyl sites for hydroxylation is 4. The first-order chi connectivity index (χ1) is 9.06. The zero-order valence-corrected chi connectivity index (χ0v) is 11.5. The van der Waals surface area contributed by atoms with Crippen molar-refractivity contribution in [3.63, 3.8) is 0 Å². The monoisotopic (exact) mass is 256 g/mol. The van der Waals surface area contributed by atoms with Crippen molar-refractivity contribution in [1.29, 1.82) is 0 Å². The van der Waals surface area contributed by atoms with Crippen LogP contribution in [0.4, 0.5) is 0 Å². The molecule has 0 aliphatic carbocycles. The van der Waals surface area contributed by atoms with Crippen LogP contribution in [0.25, 0.3) is 0 Å². The van der Waals surface area contributed by atoms with E-state index in [1.165, 1.54) is 11.1 Å². The Morgan fingerprint density at radius 2 is 1.16 bits per heavy atom. The van der Waals surface area contributed by atoms with Crippen molar-refractivity contribution < 1.29 is 10.2 Å². The van der Waals surface area contributed by atoms with E-state index in [4.69, 9.17) is 0 Å². The van der Waals surface area contributed by atoms with Crippen molar-refractivity contribution in [2.75, 3.05) is 0 Å². The lowest BCUT2D eigenvalue weighted by atomic mass is 10.0. The van der Waals surface area contributed by atoms with Crippen LogP contribution in [0.15, 0.2) is 36.4 Å². The highest BCUT2D eigenvalue weighted by Gasteiger charge is 2.01. The zero-order chi connectivity index (χ0) is 13.8. The van der Waals surface area contributed by atoms with E-state index < -0.39 is 0 Å². The molecule has 0 aromatic heterocycles. The van der Waals surface area contributed by atoms with E-state index >= 15 is 0 Å². The Balaban J connectivity index is 1.92. The number of rotatable bonds is 4. The topological polar surface area (TPSA) is 40.5 Å². The molecule has 0 heterocycles. The molecule has 100 valence electrons. The molecule has 0 radical (unpaired) electrons. The van der Waals surface area contributed by atoms with Gasteiger partial charge in [0, 0.05) is 0 Å². The van der Waals surface area contributed by atoms with Crippen molar-refractivity contribution in [2.24, 2.45) is 0 Å². The van der Waals surface area contributed by atoms with Gasteiger partial charge >= 0.3 is 0 Å². The summed E-state index contributed by atoms with van der Waals surface area (Å²) in [6.07, 6.45) is 3.07. The summed E-state index contributed by atoms with van der Waals surface area (Å²) in [6.45, 7) is 3.84. The summed E-state index contributed by atoms with van der Waals surface area (Å²) in [7, 11) is 0. The molecule has 2 aromatic rings. The fourth-order valence-corrected chi connectivity index (χ4v) is 2.24. The van der Waals surface area contributed by atoms with Gasteiger partial charge in [-0.3, -0.25) is 0 Å². The summed E-state index contributed by atoms with van der Waals surface area (Å²) < 4.78 is 0. The molecule has 0 aliphatic heterocycles. The Morgan fingerprint density at radius 3 is 1.53 bits per heavy atom. The maximum absolute atomic E-state index is 9.48. The molecule has 2 rings (SSSR count). The first-order valence-electron chi connectivity index (χ1n) is 6.63. The molecule has 2 N–H and O–H groups in total. The van der Waals surface area contributed by atoms with E-state index in [0.717, 1.165) is 30.4 Å². The average Bonchev–Trinajstić information content (AvgIpc) is 2.38. The summed E-state index contributed by atoms with van der Waals surface area (Å²) in [4.78, 5) is 0. The fourth-order valence-electron chi connectivity index (χ4n) is 2.24. The molecule has 0 unspecified atom stereocenters. The minimum atomic E-state index is 0.359. The quantitative estimate of drug-likeness (QED) is 0.871. The van der Waals surface area contributed by atoms with Crippen LogP contribution in [0.2, 0.25) is 0 Å². The van der Waals surface area contributed by atoms with Crippen LogP contribution in [0, 0.1) is 13.8 Å². The van der Waals surface area contributed by atoms with Gasteiger partial charge in [0.25, 0.3) is 0 Å². The highest BCUT2D eigenvalue weighted by atomic mass is 16.3. The van der Waals surface area contributed by atoms with Gasteiger partial charge in [-0.05, 0) is 67.5 Å². The summed E-state index contributed by atoms with van der Waals surface area (Å²) in [5.41, 5.74) is 4.37. The lowest BCUT2D eigenvalue weighted by molar-refractivity contribution is 0.470. The molecule has 0 saturated heterocycles. The second-order valence-electron chi connectivity index (χ2n) is 5.10. The highest BCUT2D eigenvalue weighted by molar-refractivity contribution is 5.36. The average molecular weight is 256 g/mol. The number of phenols is 2. The Kier molecular flexibility index (Phi) is 4.10. The summed E-state index contributed by atoms with van der Waals surface area (Å²) in [5, 5.41) is 19.0. The van der Waals surface area contributed by atoms with Crippen LogP contribution in [0.3, 0.4) is 0 Å². The predicted molar refractivity (Wildman–Crippen MR) is 77.7 cm³/mol. The maximum Gasteiger partial charge on any atom is 0.118 e. The van der Waals surface area contributed by atoms with Gasteiger partial charge in [-0.15, -0.1) is 0 Å². The van der Waals surface area contributed by atoms with Gasteiger partial charge in [0.05, 0.1) is 0 Å². The van der Waals surface area contributed by atoms with Gasteiger partial charge in [0.1, 0.15) is 11.5 Å². The minimum absolute atomic E-state index is 0.359. The third kappa shape index (κ3) is 3.50. The maximum atomic E-state index is 9.48. The molecule has 0 bridgehead atoms. The second kappa shape index (κ2) is 5.79. The van der Waals surface area contributed by atoms with Crippen LogP contribution in [-0.2, 0) is 12.8 Å². The normalized spacial score (nSPS) is 10.6. The lowest BCUT2D eigenvalue weighted by Gasteiger charge is -2.06. The van der Waals surface area contributed by atoms with E-state index in [2.05, 4.69) is 0 Å². The van der Waals surface area contributed by atoms with Gasteiger partial charge in [0.15, 0.2) is 0 Å². The summed E-state index contributed by atoms with van der Waals surface area (Å²) >= 11 is 0. The molecule has 0 aliphatic rings. The number of phenolic OH excluding ortho intramolecular Hbond substituents is 2. The second-order valence-corrected chi connectivity index (χ2v) is 5.10. The number of benzene rings is 2. The molecular weight excluding hydrogens is 236 g/mol. The molecule has 2 nitrogen and oxygen atoms in total. The van der Waals surface area contributed by atoms with Gasteiger partial charge in [0.2, 0.25) is 0 Å². The Hall–Kier alpha value is -1.96. The first kappa shape index (κ1) is 13.5. The molecular formula is C17H20O2. The van der Waals surface area contributed by atoms with Crippen LogP contribution in [-0.4, -0.2) is 10.2 Å². The van der Waals surface area contributed by atoms with E-state index in [1.54, 1.807) is 12.1 Å². The van der Waals surface area contributed by atoms with Crippen LogP contribution < -0.4 is 0 Å². The van der Waals surface area contributed by atoms with Crippen molar-refractivity contribution >= 4 is 0 Å². The SMILES string of the molecule is Cc1cc(CCCc2ccc(O)c(C)c2)ccc1O. The number of aromatic hydroxyl groups is 2. The fraction of sp³-hybridized carbons (Fsp3) is 0.294. The van der Waals surface area contributed by atoms with E-state index in [-0.39, 0.29) is 0 Å². The van der Waals surface area contributed by atoms with Gasteiger partial charge in [-0.2, -0.15) is 0 Å². The number of hydrogen-bond donors (Lipinski definition) is 2. The van der Waals surface area contributed by atoms with Crippen molar-refractivity contribution in [2.45, 2.75) is 33.1 Å². The highest BCUT2D eigenvalue weighted by Crippen LogP contribution is 2.20. The Bertz CT molecular complexity index is 522. The Morgan fingerprint density at radius 1 is 0.737 bits per heavy atom. The molecule has 0 saturated carbocycles. The van der Waals surface area contributed by atoms with Crippen molar-refractivity contribution in [1.82, 2.24) is 0 Å². The molecule has 0 spiro atoms.